The number of piperidine rings is 1. The van der Waals surface area contributed by atoms with Crippen molar-refractivity contribution in [2.75, 3.05) is 26.2 Å². The lowest BCUT2D eigenvalue weighted by Gasteiger charge is -2.47. The number of nitrogens with zero attached hydrogens (tertiary/aromatic N) is 1. The van der Waals surface area contributed by atoms with Crippen LogP contribution in [0, 0.1) is 5.41 Å². The Balaban J connectivity index is 2.06. The molecule has 0 aromatic carbocycles. The summed E-state index contributed by atoms with van der Waals surface area (Å²) in [6.45, 7) is 6.16. The second-order valence-electron chi connectivity index (χ2n) is 7.27. The van der Waals surface area contributed by atoms with Crippen LogP contribution in [0.1, 0.15) is 46.5 Å². The number of rotatable bonds is 0. The largest absolute Gasteiger partial charge is 0.444 e. The zero-order valence-corrected chi connectivity index (χ0v) is 13.2. The molecule has 2 heterocycles. The summed E-state index contributed by atoms with van der Waals surface area (Å²) in [5.74, 6) is -2.88. The van der Waals surface area contributed by atoms with Gasteiger partial charge in [-0.05, 0) is 46.6 Å². The zero-order chi connectivity index (χ0) is 15.7. The number of amides is 1. The normalized spacial score (nSPS) is 30.0. The molecule has 1 unspecified atom stereocenters. The smallest absolute Gasteiger partial charge is 0.410 e. The molecule has 4 nitrogen and oxygen atoms in total. The summed E-state index contributed by atoms with van der Waals surface area (Å²) < 4.78 is 34.6. The maximum Gasteiger partial charge on any atom is 0.410 e. The van der Waals surface area contributed by atoms with Crippen LogP contribution >= 0.6 is 0 Å². The molecular formula is C15H26F2N2O2. The number of ether oxygens (including phenoxy) is 1. The topological polar surface area (TPSA) is 41.6 Å². The van der Waals surface area contributed by atoms with Gasteiger partial charge in [-0.25, -0.2) is 13.6 Å². The summed E-state index contributed by atoms with van der Waals surface area (Å²) in [7, 11) is 0. The van der Waals surface area contributed by atoms with Crippen LogP contribution in [0.25, 0.3) is 0 Å². The average molecular weight is 304 g/mol. The molecule has 0 saturated carbocycles. The van der Waals surface area contributed by atoms with Crippen molar-refractivity contribution in [3.8, 4) is 0 Å². The molecule has 21 heavy (non-hydrogen) atoms. The van der Waals surface area contributed by atoms with Crippen molar-refractivity contribution in [1.29, 1.82) is 0 Å². The van der Waals surface area contributed by atoms with E-state index in [1.54, 1.807) is 20.8 Å². The lowest BCUT2D eigenvalue weighted by atomic mass is 9.72. The number of nitrogens with one attached hydrogen (secondary N) is 1. The number of hydrogen-bond donors (Lipinski definition) is 1. The first-order valence-corrected chi connectivity index (χ1v) is 7.72. The van der Waals surface area contributed by atoms with Gasteiger partial charge in [-0.2, -0.15) is 0 Å². The minimum Gasteiger partial charge on any atom is -0.444 e. The molecule has 0 aromatic rings. The molecule has 2 fully saturated rings. The van der Waals surface area contributed by atoms with Crippen molar-refractivity contribution >= 4 is 6.09 Å². The highest BCUT2D eigenvalue weighted by atomic mass is 19.3. The van der Waals surface area contributed by atoms with E-state index in [4.69, 9.17) is 4.74 Å². The molecule has 2 saturated heterocycles. The highest BCUT2D eigenvalue weighted by molar-refractivity contribution is 5.68. The monoisotopic (exact) mass is 304 g/mol. The van der Waals surface area contributed by atoms with Crippen LogP contribution in [0.4, 0.5) is 13.6 Å². The number of hydrogen-bond acceptors (Lipinski definition) is 3. The Bertz CT molecular complexity index is 386. The third-order valence-electron chi connectivity index (χ3n) is 4.40. The Morgan fingerprint density at radius 1 is 1.24 bits per heavy atom. The van der Waals surface area contributed by atoms with Crippen molar-refractivity contribution in [3.05, 3.63) is 0 Å². The molecule has 0 bridgehead atoms. The second-order valence-corrected chi connectivity index (χ2v) is 7.27. The van der Waals surface area contributed by atoms with Crippen molar-refractivity contribution in [2.45, 2.75) is 58.0 Å². The molecule has 1 N–H and O–H groups in total. The van der Waals surface area contributed by atoms with Gasteiger partial charge in [0, 0.05) is 18.5 Å². The molecule has 2 aliphatic rings. The summed E-state index contributed by atoms with van der Waals surface area (Å²) in [5, 5.41) is 3.13. The number of likely N-dealkylation sites (tertiary alicyclic amines) is 1. The summed E-state index contributed by atoms with van der Waals surface area (Å²) in [6.07, 6.45) is 1.96. The van der Waals surface area contributed by atoms with E-state index in [-0.39, 0.29) is 0 Å². The highest BCUT2D eigenvalue weighted by Gasteiger charge is 2.57. The van der Waals surface area contributed by atoms with Crippen LogP contribution in [-0.4, -0.2) is 48.7 Å². The van der Waals surface area contributed by atoms with Gasteiger partial charge in [0.1, 0.15) is 5.60 Å². The molecule has 1 spiro atoms. The first kappa shape index (κ1) is 16.5. The van der Waals surface area contributed by atoms with Gasteiger partial charge >= 0.3 is 6.09 Å². The molecule has 1 amide bonds. The fraction of sp³-hybridized carbons (Fsp3) is 0.933. The Hall–Kier alpha value is -0.910. The fourth-order valence-corrected chi connectivity index (χ4v) is 3.16. The fourth-order valence-electron chi connectivity index (χ4n) is 3.16. The molecule has 122 valence electrons. The van der Waals surface area contributed by atoms with Crippen LogP contribution in [0.2, 0.25) is 0 Å². The Kier molecular flexibility index (Phi) is 4.47. The number of halogens is 2. The van der Waals surface area contributed by atoms with Crippen LogP contribution in [0.15, 0.2) is 0 Å². The van der Waals surface area contributed by atoms with Crippen LogP contribution in [-0.2, 0) is 4.74 Å². The standard InChI is InChI=1S/C15H26F2N2O2/c1-13(2,3)21-12(20)19-9-7-14(15(16,17)11-19)6-4-5-8-18-10-14/h18H,4-11H2,1-3H3. The van der Waals surface area contributed by atoms with Crippen molar-refractivity contribution < 1.29 is 18.3 Å². The number of carbonyl (C=O) groups is 1. The van der Waals surface area contributed by atoms with Gasteiger partial charge in [-0.15, -0.1) is 0 Å². The van der Waals surface area contributed by atoms with E-state index >= 15 is 0 Å². The molecule has 1 atom stereocenters. The van der Waals surface area contributed by atoms with E-state index in [2.05, 4.69) is 5.32 Å². The zero-order valence-electron chi connectivity index (χ0n) is 13.2. The molecule has 2 aliphatic heterocycles. The van der Waals surface area contributed by atoms with E-state index < -0.39 is 29.6 Å². The SMILES string of the molecule is CC(C)(C)OC(=O)N1CCC2(CCCCNC2)C(F)(F)C1. The first-order chi connectivity index (χ1) is 9.65. The Morgan fingerprint density at radius 2 is 1.95 bits per heavy atom. The maximum atomic E-state index is 14.7. The molecule has 0 aromatic heterocycles. The predicted octanol–water partition coefficient (Wildman–Crippen LogP) is 3.02. The van der Waals surface area contributed by atoms with Gasteiger partial charge < -0.3 is 15.0 Å². The Morgan fingerprint density at radius 3 is 2.57 bits per heavy atom. The maximum absolute atomic E-state index is 14.7. The van der Waals surface area contributed by atoms with Gasteiger partial charge in [0.15, 0.2) is 0 Å². The Labute approximate surface area is 125 Å². The second kappa shape index (κ2) is 5.71. The van der Waals surface area contributed by atoms with E-state index in [1.807, 2.05) is 0 Å². The van der Waals surface area contributed by atoms with Gasteiger partial charge in [-0.3, -0.25) is 0 Å². The van der Waals surface area contributed by atoms with Crippen molar-refractivity contribution in [2.24, 2.45) is 5.41 Å². The van der Waals surface area contributed by atoms with Gasteiger partial charge in [0.05, 0.1) is 6.54 Å². The lowest BCUT2D eigenvalue weighted by molar-refractivity contribution is -0.166. The highest BCUT2D eigenvalue weighted by Crippen LogP contribution is 2.47. The molecule has 2 rings (SSSR count). The molecule has 0 aliphatic carbocycles. The quantitative estimate of drug-likeness (QED) is 0.748. The van der Waals surface area contributed by atoms with E-state index in [0.717, 1.165) is 24.3 Å². The summed E-state index contributed by atoms with van der Waals surface area (Å²) in [5.41, 5.74) is -1.67. The van der Waals surface area contributed by atoms with E-state index in [1.165, 1.54) is 0 Å². The summed E-state index contributed by atoms with van der Waals surface area (Å²) in [6, 6.07) is 0. The minimum atomic E-state index is -2.88. The molecular weight excluding hydrogens is 278 g/mol. The minimum absolute atomic E-state index is 0.326. The molecule has 6 heteroatoms. The van der Waals surface area contributed by atoms with Crippen molar-refractivity contribution in [3.63, 3.8) is 0 Å². The lowest BCUT2D eigenvalue weighted by Crippen LogP contribution is -2.60. The number of carbonyl (C=O) groups excluding carboxylic acids is 1. The summed E-state index contributed by atoms with van der Waals surface area (Å²) >= 11 is 0. The van der Waals surface area contributed by atoms with Crippen LogP contribution in [0.5, 0.6) is 0 Å². The first-order valence-electron chi connectivity index (χ1n) is 7.72. The predicted molar refractivity (Wildman–Crippen MR) is 76.5 cm³/mol. The van der Waals surface area contributed by atoms with Crippen LogP contribution in [0.3, 0.4) is 0 Å². The molecule has 0 radical (unpaired) electrons. The van der Waals surface area contributed by atoms with Gasteiger partial charge in [0.2, 0.25) is 0 Å². The van der Waals surface area contributed by atoms with E-state index in [0.29, 0.717) is 25.9 Å². The van der Waals surface area contributed by atoms with Crippen LogP contribution < -0.4 is 5.32 Å². The third-order valence-corrected chi connectivity index (χ3v) is 4.40. The van der Waals surface area contributed by atoms with Gasteiger partial charge in [-0.1, -0.05) is 6.42 Å². The third kappa shape index (κ3) is 3.65. The van der Waals surface area contributed by atoms with Gasteiger partial charge in [0.25, 0.3) is 5.92 Å². The van der Waals surface area contributed by atoms with Crippen molar-refractivity contribution in [1.82, 2.24) is 10.2 Å². The summed E-state index contributed by atoms with van der Waals surface area (Å²) in [4.78, 5) is 13.1. The van der Waals surface area contributed by atoms with E-state index in [9.17, 15) is 13.6 Å². The average Bonchev–Trinajstić information content (AvgIpc) is 2.57. The number of alkyl halides is 2.